The van der Waals surface area contributed by atoms with E-state index >= 15 is 0 Å². The van der Waals surface area contributed by atoms with E-state index in [1.54, 1.807) is 18.5 Å². The van der Waals surface area contributed by atoms with Gasteiger partial charge in [0.2, 0.25) is 0 Å². The van der Waals surface area contributed by atoms with Gasteiger partial charge in [-0.3, -0.25) is 4.98 Å². The van der Waals surface area contributed by atoms with Crippen LogP contribution in [0.2, 0.25) is 0 Å². The molecule has 0 bridgehead atoms. The molecule has 1 aromatic rings. The largest absolute Gasteiger partial charge is 0.372 e. The number of rotatable bonds is 4. The van der Waals surface area contributed by atoms with Gasteiger partial charge >= 0.3 is 0 Å². The Balaban J connectivity index is 2.79. The lowest BCUT2D eigenvalue weighted by Gasteiger charge is -2.19. The van der Waals surface area contributed by atoms with Crippen LogP contribution in [0.1, 0.15) is 25.3 Å². The van der Waals surface area contributed by atoms with Crippen molar-refractivity contribution in [1.29, 1.82) is 5.26 Å². The van der Waals surface area contributed by atoms with Gasteiger partial charge in [0.1, 0.15) is 6.07 Å². The molecule has 14 heavy (non-hydrogen) atoms. The van der Waals surface area contributed by atoms with Crippen molar-refractivity contribution in [3.63, 3.8) is 0 Å². The molecule has 0 aromatic carbocycles. The van der Waals surface area contributed by atoms with E-state index in [-0.39, 0.29) is 0 Å². The third-order valence-corrected chi connectivity index (χ3v) is 2.18. The predicted molar refractivity (Wildman–Crippen MR) is 57.1 cm³/mol. The molecule has 0 spiro atoms. The Labute approximate surface area is 85.0 Å². The smallest absolute Gasteiger partial charge is 0.101 e. The molecular formula is C11H15N3. The van der Waals surface area contributed by atoms with Gasteiger partial charge in [-0.1, -0.05) is 13.3 Å². The molecule has 0 fully saturated rings. The molecule has 3 nitrogen and oxygen atoms in total. The van der Waals surface area contributed by atoms with Crippen LogP contribution in [0.4, 0.5) is 5.69 Å². The molecule has 0 unspecified atom stereocenters. The maximum Gasteiger partial charge on any atom is 0.101 e. The van der Waals surface area contributed by atoms with Crippen LogP contribution in [0.15, 0.2) is 18.5 Å². The summed E-state index contributed by atoms with van der Waals surface area (Å²) in [4.78, 5) is 6.11. The van der Waals surface area contributed by atoms with Gasteiger partial charge in [0, 0.05) is 19.8 Å². The summed E-state index contributed by atoms with van der Waals surface area (Å²) in [7, 11) is 1.99. The Hall–Kier alpha value is -1.56. The average Bonchev–Trinajstić information content (AvgIpc) is 2.25. The minimum absolute atomic E-state index is 0.693. The first-order valence-corrected chi connectivity index (χ1v) is 4.84. The number of nitrogens with zero attached hydrogens (tertiary/aromatic N) is 3. The standard InChI is InChI=1S/C11H15N3/c1-3-4-7-14(2)11-9-13-6-5-10(11)8-12/h5-6,9H,3-4,7H2,1-2H3. The highest BCUT2D eigenvalue weighted by Gasteiger charge is 2.05. The molecular weight excluding hydrogens is 174 g/mol. The van der Waals surface area contributed by atoms with Crippen LogP contribution >= 0.6 is 0 Å². The van der Waals surface area contributed by atoms with Crippen LogP contribution in [0.3, 0.4) is 0 Å². The van der Waals surface area contributed by atoms with Crippen LogP contribution in [0, 0.1) is 11.3 Å². The van der Waals surface area contributed by atoms with Crippen LogP contribution < -0.4 is 4.90 Å². The van der Waals surface area contributed by atoms with Crippen molar-refractivity contribution in [3.8, 4) is 6.07 Å². The van der Waals surface area contributed by atoms with Gasteiger partial charge in [-0.15, -0.1) is 0 Å². The Kier molecular flexibility index (Phi) is 3.93. The topological polar surface area (TPSA) is 39.9 Å². The lowest BCUT2D eigenvalue weighted by atomic mass is 10.2. The van der Waals surface area contributed by atoms with E-state index in [1.165, 1.54) is 0 Å². The number of hydrogen-bond donors (Lipinski definition) is 0. The molecule has 74 valence electrons. The van der Waals surface area contributed by atoms with Crippen molar-refractivity contribution in [2.45, 2.75) is 19.8 Å². The van der Waals surface area contributed by atoms with E-state index in [4.69, 9.17) is 5.26 Å². The summed E-state index contributed by atoms with van der Waals surface area (Å²) < 4.78 is 0. The average molecular weight is 189 g/mol. The molecule has 0 saturated carbocycles. The first kappa shape index (κ1) is 10.5. The molecule has 0 amide bonds. The molecule has 0 radical (unpaired) electrons. The van der Waals surface area contributed by atoms with Crippen molar-refractivity contribution >= 4 is 5.69 Å². The van der Waals surface area contributed by atoms with Gasteiger partial charge in [-0.2, -0.15) is 5.26 Å². The highest BCUT2D eigenvalue weighted by Crippen LogP contribution is 2.16. The first-order chi connectivity index (χ1) is 6.79. The molecule has 3 heteroatoms. The third-order valence-electron chi connectivity index (χ3n) is 2.18. The molecule has 0 aliphatic rings. The first-order valence-electron chi connectivity index (χ1n) is 4.84. The van der Waals surface area contributed by atoms with Gasteiger partial charge in [-0.05, 0) is 12.5 Å². The third kappa shape index (κ3) is 2.46. The molecule has 1 heterocycles. The number of pyridine rings is 1. The Morgan fingerprint density at radius 1 is 1.57 bits per heavy atom. The van der Waals surface area contributed by atoms with Gasteiger partial charge < -0.3 is 4.90 Å². The van der Waals surface area contributed by atoms with Crippen molar-refractivity contribution < 1.29 is 0 Å². The van der Waals surface area contributed by atoms with Gasteiger partial charge in [0.05, 0.1) is 17.4 Å². The molecule has 1 rings (SSSR count). The van der Waals surface area contributed by atoms with E-state index in [2.05, 4.69) is 22.9 Å². The minimum Gasteiger partial charge on any atom is -0.372 e. The summed E-state index contributed by atoms with van der Waals surface area (Å²) in [6.45, 7) is 3.12. The summed E-state index contributed by atoms with van der Waals surface area (Å²) in [6, 6.07) is 3.92. The van der Waals surface area contributed by atoms with E-state index in [9.17, 15) is 0 Å². The van der Waals surface area contributed by atoms with Crippen molar-refractivity contribution in [3.05, 3.63) is 24.0 Å². The summed E-state index contributed by atoms with van der Waals surface area (Å²) in [5.74, 6) is 0. The monoisotopic (exact) mass is 189 g/mol. The van der Waals surface area contributed by atoms with Crippen molar-refractivity contribution in [2.24, 2.45) is 0 Å². The maximum absolute atomic E-state index is 8.89. The fourth-order valence-electron chi connectivity index (χ4n) is 1.30. The van der Waals surface area contributed by atoms with E-state index in [0.717, 1.165) is 25.1 Å². The second-order valence-electron chi connectivity index (χ2n) is 3.28. The summed E-state index contributed by atoms with van der Waals surface area (Å²) >= 11 is 0. The quantitative estimate of drug-likeness (QED) is 0.729. The minimum atomic E-state index is 0.693. The number of anilines is 1. The van der Waals surface area contributed by atoms with Crippen LogP contribution in [-0.4, -0.2) is 18.6 Å². The van der Waals surface area contributed by atoms with Crippen LogP contribution in [0.25, 0.3) is 0 Å². The van der Waals surface area contributed by atoms with Gasteiger partial charge in [0.15, 0.2) is 0 Å². The molecule has 0 atom stereocenters. The lowest BCUT2D eigenvalue weighted by Crippen LogP contribution is -2.19. The van der Waals surface area contributed by atoms with E-state index in [1.807, 2.05) is 7.05 Å². The number of unbranched alkanes of at least 4 members (excludes halogenated alkanes) is 1. The van der Waals surface area contributed by atoms with E-state index < -0.39 is 0 Å². The Morgan fingerprint density at radius 3 is 3.00 bits per heavy atom. The number of aromatic nitrogens is 1. The summed E-state index contributed by atoms with van der Waals surface area (Å²) in [6.07, 6.45) is 5.69. The van der Waals surface area contributed by atoms with E-state index in [0.29, 0.717) is 5.56 Å². The second kappa shape index (κ2) is 5.23. The SMILES string of the molecule is CCCCN(C)c1cnccc1C#N. The predicted octanol–water partition coefficient (Wildman–Crippen LogP) is 2.19. The van der Waals surface area contributed by atoms with Crippen molar-refractivity contribution in [2.75, 3.05) is 18.5 Å². The Morgan fingerprint density at radius 2 is 2.36 bits per heavy atom. The summed E-state index contributed by atoms with van der Waals surface area (Å²) in [5.41, 5.74) is 1.61. The highest BCUT2D eigenvalue weighted by molar-refractivity contribution is 5.56. The molecule has 1 aromatic heterocycles. The highest BCUT2D eigenvalue weighted by atomic mass is 15.1. The molecule has 0 saturated heterocycles. The maximum atomic E-state index is 8.89. The van der Waals surface area contributed by atoms with Crippen LogP contribution in [0.5, 0.6) is 0 Å². The Bertz CT molecular complexity index is 328. The van der Waals surface area contributed by atoms with Gasteiger partial charge in [0.25, 0.3) is 0 Å². The number of hydrogen-bond acceptors (Lipinski definition) is 3. The fraction of sp³-hybridized carbons (Fsp3) is 0.455. The lowest BCUT2D eigenvalue weighted by molar-refractivity contribution is 0.765. The zero-order valence-electron chi connectivity index (χ0n) is 8.70. The van der Waals surface area contributed by atoms with Crippen molar-refractivity contribution in [1.82, 2.24) is 4.98 Å². The zero-order valence-corrected chi connectivity index (χ0v) is 8.70. The molecule has 0 N–H and O–H groups in total. The fourth-order valence-corrected chi connectivity index (χ4v) is 1.30. The second-order valence-corrected chi connectivity index (χ2v) is 3.28. The molecule has 0 aliphatic heterocycles. The molecule has 0 aliphatic carbocycles. The zero-order chi connectivity index (χ0) is 10.4. The van der Waals surface area contributed by atoms with Gasteiger partial charge in [-0.25, -0.2) is 0 Å². The summed E-state index contributed by atoms with van der Waals surface area (Å²) in [5, 5.41) is 8.89. The normalized spacial score (nSPS) is 9.50. The number of nitriles is 1. The van der Waals surface area contributed by atoms with Crippen LogP contribution in [-0.2, 0) is 0 Å².